The molecule has 1 amide bonds. The number of benzene rings is 1. The smallest absolute Gasteiger partial charge is 0.326 e. The zero-order valence-electron chi connectivity index (χ0n) is 12.6. The quantitative estimate of drug-likeness (QED) is 0.876. The molecule has 0 radical (unpaired) electrons. The van der Waals surface area contributed by atoms with Gasteiger partial charge in [-0.1, -0.05) is 23.9 Å². The van der Waals surface area contributed by atoms with E-state index in [9.17, 15) is 19.5 Å². The van der Waals surface area contributed by atoms with Crippen molar-refractivity contribution in [1.82, 2.24) is 4.90 Å². The van der Waals surface area contributed by atoms with Crippen molar-refractivity contribution in [2.75, 3.05) is 6.54 Å². The van der Waals surface area contributed by atoms with Gasteiger partial charge < -0.3 is 10.0 Å². The molecule has 2 atom stereocenters. The molecule has 1 N–H and O–H groups in total. The van der Waals surface area contributed by atoms with Gasteiger partial charge in [0, 0.05) is 31.6 Å². The molecule has 1 fully saturated rings. The highest BCUT2D eigenvalue weighted by molar-refractivity contribution is 8.14. The largest absolute Gasteiger partial charge is 0.480 e. The van der Waals surface area contributed by atoms with E-state index >= 15 is 0 Å². The Balaban J connectivity index is 2.12. The van der Waals surface area contributed by atoms with E-state index < -0.39 is 12.0 Å². The number of carboxylic acid groups (broad SMARTS) is 1. The van der Waals surface area contributed by atoms with E-state index in [-0.39, 0.29) is 35.7 Å². The standard InChI is InChI=1S/C16H16N2O4S/c1-10(19)23-13-7-15(20)18(9-13)14(16(21)22)6-11-2-4-12(8-17)5-3-11/h2-5,13-14H,6-7,9H2,1H3,(H,21,22)/t13?,14-/m0/s1. The van der Waals surface area contributed by atoms with Crippen LogP contribution in [0, 0.1) is 11.3 Å². The summed E-state index contributed by atoms with van der Waals surface area (Å²) in [5.41, 5.74) is 1.24. The molecule has 1 aromatic rings. The van der Waals surface area contributed by atoms with Gasteiger partial charge in [-0.15, -0.1) is 0 Å². The summed E-state index contributed by atoms with van der Waals surface area (Å²) in [7, 11) is 0. The number of carbonyl (C=O) groups excluding carboxylic acids is 2. The van der Waals surface area contributed by atoms with E-state index in [1.807, 2.05) is 6.07 Å². The van der Waals surface area contributed by atoms with E-state index in [0.717, 1.165) is 17.3 Å². The zero-order valence-corrected chi connectivity index (χ0v) is 13.4. The molecule has 0 saturated carbocycles. The Morgan fingerprint density at radius 2 is 2.09 bits per heavy atom. The molecule has 23 heavy (non-hydrogen) atoms. The summed E-state index contributed by atoms with van der Waals surface area (Å²) in [5.74, 6) is -1.32. The Bertz CT molecular complexity index is 666. The molecule has 1 aliphatic rings. The Hall–Kier alpha value is -2.33. The van der Waals surface area contributed by atoms with Gasteiger partial charge in [-0.2, -0.15) is 5.26 Å². The third-order valence-corrected chi connectivity index (χ3v) is 4.61. The van der Waals surface area contributed by atoms with Gasteiger partial charge >= 0.3 is 5.97 Å². The lowest BCUT2D eigenvalue weighted by Gasteiger charge is -2.24. The van der Waals surface area contributed by atoms with Crippen LogP contribution in [0.1, 0.15) is 24.5 Å². The van der Waals surface area contributed by atoms with Crippen LogP contribution in [0.15, 0.2) is 24.3 Å². The molecule has 0 aliphatic carbocycles. The Labute approximate surface area is 138 Å². The first kappa shape index (κ1) is 17.0. The molecule has 1 heterocycles. The lowest BCUT2D eigenvalue weighted by Crippen LogP contribution is -2.43. The molecule has 120 valence electrons. The van der Waals surface area contributed by atoms with Crippen LogP contribution in [0.4, 0.5) is 0 Å². The summed E-state index contributed by atoms with van der Waals surface area (Å²) in [6, 6.07) is 7.66. The second kappa shape index (κ2) is 7.29. The highest BCUT2D eigenvalue weighted by Crippen LogP contribution is 2.27. The number of carboxylic acids is 1. The normalized spacial score (nSPS) is 18.5. The van der Waals surface area contributed by atoms with Gasteiger partial charge in [0.15, 0.2) is 5.12 Å². The van der Waals surface area contributed by atoms with Gasteiger partial charge in [-0.25, -0.2) is 4.79 Å². The van der Waals surface area contributed by atoms with Crippen LogP contribution < -0.4 is 0 Å². The van der Waals surface area contributed by atoms with Crippen LogP contribution in [0.3, 0.4) is 0 Å². The lowest BCUT2D eigenvalue weighted by atomic mass is 10.0. The number of nitriles is 1. The molecular weight excluding hydrogens is 316 g/mol. The number of amides is 1. The van der Waals surface area contributed by atoms with Crippen molar-refractivity contribution in [3.63, 3.8) is 0 Å². The van der Waals surface area contributed by atoms with E-state index in [0.29, 0.717) is 5.56 Å². The molecule has 1 unspecified atom stereocenters. The average Bonchev–Trinajstić information content (AvgIpc) is 2.84. The average molecular weight is 332 g/mol. The first-order valence-corrected chi connectivity index (χ1v) is 7.97. The number of aliphatic carboxylic acids is 1. The number of thioether (sulfide) groups is 1. The van der Waals surface area contributed by atoms with E-state index in [1.54, 1.807) is 24.3 Å². The summed E-state index contributed by atoms with van der Waals surface area (Å²) < 4.78 is 0. The monoisotopic (exact) mass is 332 g/mol. The van der Waals surface area contributed by atoms with Crippen LogP contribution >= 0.6 is 11.8 Å². The third-order valence-electron chi connectivity index (χ3n) is 3.63. The van der Waals surface area contributed by atoms with Crippen molar-refractivity contribution in [2.45, 2.75) is 31.1 Å². The van der Waals surface area contributed by atoms with Crippen molar-refractivity contribution >= 4 is 28.8 Å². The summed E-state index contributed by atoms with van der Waals surface area (Å²) in [4.78, 5) is 36.2. The maximum Gasteiger partial charge on any atom is 0.326 e. The minimum Gasteiger partial charge on any atom is -0.480 e. The fraction of sp³-hybridized carbons (Fsp3) is 0.375. The zero-order chi connectivity index (χ0) is 17.0. The minimum absolute atomic E-state index is 0.0800. The number of rotatable bonds is 5. The minimum atomic E-state index is -1.07. The van der Waals surface area contributed by atoms with E-state index in [1.165, 1.54) is 11.8 Å². The molecular formula is C16H16N2O4S. The first-order chi connectivity index (χ1) is 10.9. The molecule has 7 heteroatoms. The van der Waals surface area contributed by atoms with Crippen molar-refractivity contribution < 1.29 is 19.5 Å². The van der Waals surface area contributed by atoms with Gasteiger partial charge in [-0.3, -0.25) is 9.59 Å². The van der Waals surface area contributed by atoms with Crippen molar-refractivity contribution in [2.24, 2.45) is 0 Å². The predicted molar refractivity (Wildman–Crippen MR) is 84.7 cm³/mol. The van der Waals surface area contributed by atoms with E-state index in [2.05, 4.69) is 0 Å². The number of carbonyl (C=O) groups is 3. The Kier molecular flexibility index (Phi) is 5.40. The molecule has 0 bridgehead atoms. The molecule has 1 aliphatic heterocycles. The number of nitrogens with zero attached hydrogens (tertiary/aromatic N) is 2. The number of hydrogen-bond donors (Lipinski definition) is 1. The third kappa shape index (κ3) is 4.33. The summed E-state index contributed by atoms with van der Waals surface area (Å²) >= 11 is 1.08. The fourth-order valence-corrected chi connectivity index (χ4v) is 3.51. The summed E-state index contributed by atoms with van der Waals surface area (Å²) in [6.07, 6.45) is 0.353. The molecule has 6 nitrogen and oxygen atoms in total. The molecule has 0 spiro atoms. The molecule has 1 saturated heterocycles. The number of likely N-dealkylation sites (tertiary alicyclic amines) is 1. The number of hydrogen-bond acceptors (Lipinski definition) is 5. The second-order valence-electron chi connectivity index (χ2n) is 5.35. The highest BCUT2D eigenvalue weighted by Gasteiger charge is 2.38. The molecule has 2 rings (SSSR count). The summed E-state index contributed by atoms with van der Waals surface area (Å²) in [6.45, 7) is 1.69. The van der Waals surface area contributed by atoms with Gasteiger partial charge in [0.25, 0.3) is 0 Å². The van der Waals surface area contributed by atoms with Gasteiger partial charge in [0.2, 0.25) is 5.91 Å². The Morgan fingerprint density at radius 3 is 2.61 bits per heavy atom. The second-order valence-corrected chi connectivity index (χ2v) is 6.83. The topological polar surface area (TPSA) is 98.5 Å². The highest BCUT2D eigenvalue weighted by atomic mass is 32.2. The van der Waals surface area contributed by atoms with Crippen molar-refractivity contribution in [1.29, 1.82) is 5.26 Å². The summed E-state index contributed by atoms with van der Waals surface area (Å²) in [5, 5.41) is 18.0. The van der Waals surface area contributed by atoms with Crippen LogP contribution in [-0.2, 0) is 20.8 Å². The predicted octanol–water partition coefficient (Wildman–Crippen LogP) is 1.43. The van der Waals surface area contributed by atoms with E-state index in [4.69, 9.17) is 5.26 Å². The fourth-order valence-electron chi connectivity index (χ4n) is 2.58. The van der Waals surface area contributed by atoms with Crippen LogP contribution in [-0.4, -0.2) is 44.8 Å². The SMILES string of the molecule is CC(=O)SC1CC(=O)N([C@@H](Cc2ccc(C#N)cc2)C(=O)O)C1. The maximum absolute atomic E-state index is 12.1. The van der Waals surface area contributed by atoms with Gasteiger partial charge in [0.05, 0.1) is 11.6 Å². The molecule has 0 aromatic heterocycles. The first-order valence-electron chi connectivity index (χ1n) is 7.09. The van der Waals surface area contributed by atoms with Gasteiger partial charge in [-0.05, 0) is 17.7 Å². The van der Waals surface area contributed by atoms with Crippen molar-refractivity contribution in [3.8, 4) is 6.07 Å². The van der Waals surface area contributed by atoms with Gasteiger partial charge in [0.1, 0.15) is 6.04 Å². The van der Waals surface area contributed by atoms with Crippen molar-refractivity contribution in [3.05, 3.63) is 35.4 Å². The van der Waals surface area contributed by atoms with Crippen LogP contribution in [0.25, 0.3) is 0 Å². The van der Waals surface area contributed by atoms with Crippen LogP contribution in [0.2, 0.25) is 0 Å². The Morgan fingerprint density at radius 1 is 1.43 bits per heavy atom. The maximum atomic E-state index is 12.1. The lowest BCUT2D eigenvalue weighted by molar-refractivity contribution is -0.148. The molecule has 1 aromatic carbocycles. The van der Waals surface area contributed by atoms with Crippen LogP contribution in [0.5, 0.6) is 0 Å².